The molecule has 2 aliphatic heterocycles. The Hall–Kier alpha value is -1.89. The minimum atomic E-state index is 0. The molecule has 0 spiro atoms. The van der Waals surface area contributed by atoms with Crippen molar-refractivity contribution in [2.75, 3.05) is 31.5 Å². The topological polar surface area (TPSA) is 78.4 Å². The third kappa shape index (κ3) is 5.31. The second-order valence-electron chi connectivity index (χ2n) is 7.68. The molecule has 3 rings (SSSR count). The van der Waals surface area contributed by atoms with Crippen molar-refractivity contribution in [3.63, 3.8) is 0 Å². The Balaban J connectivity index is 0.00000261. The van der Waals surface area contributed by atoms with Crippen LogP contribution in [0.5, 0.6) is 0 Å². The number of halogens is 1. The van der Waals surface area contributed by atoms with Crippen molar-refractivity contribution in [2.24, 2.45) is 11.8 Å². The molecule has 1 N–H and O–H groups in total. The summed E-state index contributed by atoms with van der Waals surface area (Å²) in [5.41, 5.74) is 0. The number of nitrogens with zero attached hydrogens (tertiary/aromatic N) is 4. The van der Waals surface area contributed by atoms with Crippen LogP contribution in [-0.4, -0.2) is 63.8 Å². The van der Waals surface area contributed by atoms with Crippen LogP contribution in [0.25, 0.3) is 0 Å². The quantitative estimate of drug-likeness (QED) is 0.798. The molecular weight excluding hydrogens is 366 g/mol. The number of nitrogens with one attached hydrogen (secondary N) is 1. The lowest BCUT2D eigenvalue weighted by molar-refractivity contribution is -0.132. The minimum Gasteiger partial charge on any atom is -0.365 e. The van der Waals surface area contributed by atoms with Crippen LogP contribution in [0.3, 0.4) is 0 Å². The third-order valence-electron chi connectivity index (χ3n) is 5.45. The number of hydrogen-bond acceptors (Lipinski definition) is 5. The fourth-order valence-electron chi connectivity index (χ4n) is 3.92. The van der Waals surface area contributed by atoms with Crippen molar-refractivity contribution in [2.45, 2.75) is 46.1 Å². The van der Waals surface area contributed by atoms with Gasteiger partial charge in [-0.15, -0.1) is 12.4 Å². The summed E-state index contributed by atoms with van der Waals surface area (Å²) in [6.07, 6.45) is 3.70. The Kier molecular flexibility index (Phi) is 7.41. The van der Waals surface area contributed by atoms with Crippen molar-refractivity contribution < 1.29 is 9.59 Å². The summed E-state index contributed by atoms with van der Waals surface area (Å²) < 4.78 is 0. The van der Waals surface area contributed by atoms with Gasteiger partial charge in [0.1, 0.15) is 11.6 Å². The highest BCUT2D eigenvalue weighted by molar-refractivity contribution is 5.85. The third-order valence-corrected chi connectivity index (χ3v) is 5.45. The molecule has 2 fully saturated rings. The minimum absolute atomic E-state index is 0. The second-order valence-corrected chi connectivity index (χ2v) is 7.68. The molecule has 7 nitrogen and oxygen atoms in total. The van der Waals surface area contributed by atoms with Gasteiger partial charge in [0.2, 0.25) is 11.8 Å². The Morgan fingerprint density at radius 2 is 2.15 bits per heavy atom. The van der Waals surface area contributed by atoms with Crippen molar-refractivity contribution in [1.29, 1.82) is 0 Å². The van der Waals surface area contributed by atoms with Crippen LogP contribution < -0.4 is 5.32 Å². The number of aromatic nitrogens is 2. The van der Waals surface area contributed by atoms with E-state index in [4.69, 9.17) is 0 Å². The number of likely N-dealkylation sites (tertiary alicyclic amines) is 2. The van der Waals surface area contributed by atoms with Gasteiger partial charge in [-0.05, 0) is 25.3 Å². The molecule has 8 heteroatoms. The average Bonchev–Trinajstić information content (AvgIpc) is 3.19. The van der Waals surface area contributed by atoms with Gasteiger partial charge in [0.05, 0.1) is 0 Å². The van der Waals surface area contributed by atoms with Gasteiger partial charge in [-0.1, -0.05) is 13.8 Å². The molecule has 0 bridgehead atoms. The van der Waals surface area contributed by atoms with E-state index in [1.54, 1.807) is 6.20 Å². The lowest BCUT2D eigenvalue weighted by atomic mass is 9.91. The molecule has 1 aromatic heterocycles. The van der Waals surface area contributed by atoms with Gasteiger partial charge in [0.15, 0.2) is 0 Å². The van der Waals surface area contributed by atoms with E-state index in [1.165, 1.54) is 0 Å². The van der Waals surface area contributed by atoms with E-state index < -0.39 is 0 Å². The van der Waals surface area contributed by atoms with Crippen LogP contribution in [0.15, 0.2) is 12.3 Å². The summed E-state index contributed by atoms with van der Waals surface area (Å²) in [5, 5.41) is 3.49. The van der Waals surface area contributed by atoms with Crippen LogP contribution >= 0.6 is 12.4 Å². The van der Waals surface area contributed by atoms with E-state index in [-0.39, 0.29) is 30.3 Å². The van der Waals surface area contributed by atoms with Gasteiger partial charge >= 0.3 is 0 Å². The molecule has 2 saturated heterocycles. The molecule has 0 aromatic carbocycles. The van der Waals surface area contributed by atoms with Crippen LogP contribution in [-0.2, 0) is 9.59 Å². The summed E-state index contributed by atoms with van der Waals surface area (Å²) in [4.78, 5) is 36.7. The first-order valence-electron chi connectivity index (χ1n) is 9.56. The maximum absolute atomic E-state index is 12.7. The van der Waals surface area contributed by atoms with E-state index >= 15 is 0 Å². The predicted molar refractivity (Wildman–Crippen MR) is 107 cm³/mol. The first kappa shape index (κ1) is 21.4. The van der Waals surface area contributed by atoms with E-state index in [2.05, 4.69) is 29.1 Å². The zero-order chi connectivity index (χ0) is 18.7. The van der Waals surface area contributed by atoms with Gasteiger partial charge in [0.25, 0.3) is 0 Å². The maximum atomic E-state index is 12.7. The number of carbonyl (C=O) groups is 2. The number of amides is 2. The molecule has 2 amide bonds. The molecule has 2 aliphatic rings. The van der Waals surface area contributed by atoms with E-state index in [0.717, 1.165) is 31.2 Å². The number of aryl methyl sites for hydroxylation is 1. The predicted octanol–water partition coefficient (Wildman–Crippen LogP) is 2.11. The number of rotatable bonds is 6. The SMILES string of the molecule is Cc1nccc(N[C@H]2CN(C(=O)CCN3CCCC3=O)C[C@@H]2C(C)C)n1.Cl. The highest BCUT2D eigenvalue weighted by Crippen LogP contribution is 2.27. The van der Waals surface area contributed by atoms with Gasteiger partial charge in [-0.25, -0.2) is 9.97 Å². The van der Waals surface area contributed by atoms with Gasteiger partial charge < -0.3 is 15.1 Å². The Bertz CT molecular complexity index is 669. The molecule has 2 atom stereocenters. The molecular formula is C19H30ClN5O2. The van der Waals surface area contributed by atoms with Crippen LogP contribution in [0.2, 0.25) is 0 Å². The molecule has 0 unspecified atom stereocenters. The Morgan fingerprint density at radius 1 is 1.37 bits per heavy atom. The van der Waals surface area contributed by atoms with E-state index in [0.29, 0.717) is 37.8 Å². The van der Waals surface area contributed by atoms with Crippen molar-refractivity contribution in [3.05, 3.63) is 18.1 Å². The van der Waals surface area contributed by atoms with Crippen LogP contribution in [0, 0.1) is 18.8 Å². The summed E-state index contributed by atoms with van der Waals surface area (Å²) in [7, 11) is 0. The smallest absolute Gasteiger partial charge is 0.224 e. The lowest BCUT2D eigenvalue weighted by Crippen LogP contribution is -2.35. The van der Waals surface area contributed by atoms with Gasteiger partial charge in [0, 0.05) is 57.2 Å². The lowest BCUT2D eigenvalue weighted by Gasteiger charge is -2.23. The normalized spacial score (nSPS) is 22.3. The molecule has 0 radical (unpaired) electrons. The molecule has 3 heterocycles. The number of anilines is 1. The highest BCUT2D eigenvalue weighted by Gasteiger charge is 2.37. The van der Waals surface area contributed by atoms with Gasteiger partial charge in [-0.2, -0.15) is 0 Å². The number of carbonyl (C=O) groups excluding carboxylic acids is 2. The molecule has 27 heavy (non-hydrogen) atoms. The fraction of sp³-hybridized carbons (Fsp3) is 0.684. The first-order valence-corrected chi connectivity index (χ1v) is 9.56. The summed E-state index contributed by atoms with van der Waals surface area (Å²) in [6, 6.07) is 2.05. The Morgan fingerprint density at radius 3 is 2.78 bits per heavy atom. The standard InChI is InChI=1S/C19H29N5O2.ClH/c1-13(2)15-11-24(19(26)7-10-23-9-4-5-18(23)25)12-16(15)22-17-6-8-20-14(3)21-17;/h6,8,13,15-16H,4-5,7,9-12H2,1-3H3,(H,20,21,22);1H/t15-,16+;/m1./s1. The maximum Gasteiger partial charge on any atom is 0.224 e. The molecule has 0 saturated carbocycles. The second kappa shape index (κ2) is 9.35. The molecule has 1 aromatic rings. The molecule has 0 aliphatic carbocycles. The van der Waals surface area contributed by atoms with Crippen molar-refractivity contribution >= 4 is 30.0 Å². The highest BCUT2D eigenvalue weighted by atomic mass is 35.5. The summed E-state index contributed by atoms with van der Waals surface area (Å²) in [5.74, 6) is 2.70. The van der Waals surface area contributed by atoms with Crippen LogP contribution in [0.1, 0.15) is 38.9 Å². The fourth-order valence-corrected chi connectivity index (χ4v) is 3.92. The first-order chi connectivity index (χ1) is 12.4. The Labute approximate surface area is 167 Å². The molecule has 150 valence electrons. The zero-order valence-corrected chi connectivity index (χ0v) is 17.2. The monoisotopic (exact) mass is 395 g/mol. The van der Waals surface area contributed by atoms with E-state index in [9.17, 15) is 9.59 Å². The average molecular weight is 396 g/mol. The van der Waals surface area contributed by atoms with E-state index in [1.807, 2.05) is 22.8 Å². The van der Waals surface area contributed by atoms with Gasteiger partial charge in [-0.3, -0.25) is 9.59 Å². The number of hydrogen-bond donors (Lipinski definition) is 1. The largest absolute Gasteiger partial charge is 0.365 e. The van der Waals surface area contributed by atoms with Crippen molar-refractivity contribution in [1.82, 2.24) is 19.8 Å². The van der Waals surface area contributed by atoms with Crippen molar-refractivity contribution in [3.8, 4) is 0 Å². The summed E-state index contributed by atoms with van der Waals surface area (Å²) in [6.45, 7) is 9.03. The zero-order valence-electron chi connectivity index (χ0n) is 16.4. The summed E-state index contributed by atoms with van der Waals surface area (Å²) >= 11 is 0. The van der Waals surface area contributed by atoms with Crippen LogP contribution in [0.4, 0.5) is 5.82 Å².